The Morgan fingerprint density at radius 2 is 1.64 bits per heavy atom. The van der Waals surface area contributed by atoms with Gasteiger partial charge in [-0.05, 0) is 42.0 Å². The molecule has 1 aliphatic carbocycles. The monoisotopic (exact) mass is 452 g/mol. The van der Waals surface area contributed by atoms with Gasteiger partial charge >= 0.3 is 12.1 Å². The van der Waals surface area contributed by atoms with E-state index in [1.165, 1.54) is 0 Å². The van der Waals surface area contributed by atoms with E-state index in [0.29, 0.717) is 26.1 Å². The summed E-state index contributed by atoms with van der Waals surface area (Å²) in [5.74, 6) is -1.52. The summed E-state index contributed by atoms with van der Waals surface area (Å²) in [4.78, 5) is 36.5. The third kappa shape index (κ3) is 5.01. The Morgan fingerprint density at radius 3 is 2.21 bits per heavy atom. The van der Waals surface area contributed by atoms with Crippen molar-refractivity contribution in [3.63, 3.8) is 0 Å². The number of carbonyl (C=O) groups is 3. The van der Waals surface area contributed by atoms with Gasteiger partial charge in [0, 0.05) is 19.1 Å². The smallest absolute Gasteiger partial charge is 0.407 e. The highest BCUT2D eigenvalue weighted by Crippen LogP contribution is 2.44. The summed E-state index contributed by atoms with van der Waals surface area (Å²) < 4.78 is 10.8. The van der Waals surface area contributed by atoms with Crippen molar-refractivity contribution in [2.24, 2.45) is 0 Å². The molecule has 2 aliphatic rings. The number of ether oxygens (including phenoxy) is 2. The molecule has 174 valence electrons. The Bertz CT molecular complexity index is 1000. The Kier molecular flexibility index (Phi) is 6.65. The Labute approximate surface area is 192 Å². The SMILES string of the molecule is C[C@@H](NC(=O)OCC1c2ccccc2-c2ccccc21)C(=O)NC1(CC(=O)O)CCOCC1. The van der Waals surface area contributed by atoms with Crippen LogP contribution in [0.4, 0.5) is 4.79 Å². The van der Waals surface area contributed by atoms with Crippen molar-refractivity contribution in [3.05, 3.63) is 59.7 Å². The first-order chi connectivity index (χ1) is 15.9. The maximum Gasteiger partial charge on any atom is 0.407 e. The number of amides is 2. The molecular formula is C25H28N2O6. The van der Waals surface area contributed by atoms with Gasteiger partial charge in [0.2, 0.25) is 5.91 Å². The van der Waals surface area contributed by atoms with Crippen molar-refractivity contribution in [3.8, 4) is 11.1 Å². The molecule has 8 heteroatoms. The highest BCUT2D eigenvalue weighted by atomic mass is 16.5. The van der Waals surface area contributed by atoms with Crippen LogP contribution in [-0.4, -0.2) is 54.5 Å². The quantitative estimate of drug-likeness (QED) is 0.595. The van der Waals surface area contributed by atoms with Gasteiger partial charge in [0.1, 0.15) is 12.6 Å². The maximum absolute atomic E-state index is 12.7. The topological polar surface area (TPSA) is 114 Å². The minimum atomic E-state index is -0.991. The van der Waals surface area contributed by atoms with E-state index in [-0.39, 0.29) is 18.9 Å². The summed E-state index contributed by atoms with van der Waals surface area (Å²) in [5, 5.41) is 14.6. The van der Waals surface area contributed by atoms with E-state index in [1.54, 1.807) is 6.92 Å². The standard InChI is InChI=1S/C25H28N2O6/c1-16(23(30)27-25(14-22(28)29)10-12-32-13-11-25)26-24(31)33-15-21-19-8-4-2-6-17(19)18-7-3-5-9-20(18)21/h2-9,16,21H,10-15H2,1H3,(H,26,31)(H,27,30)(H,28,29)/t16-/m1/s1. The van der Waals surface area contributed by atoms with Crippen LogP contribution in [0.25, 0.3) is 11.1 Å². The van der Waals surface area contributed by atoms with Crippen LogP contribution in [0.15, 0.2) is 48.5 Å². The molecule has 8 nitrogen and oxygen atoms in total. The van der Waals surface area contributed by atoms with Crippen LogP contribution in [0, 0.1) is 0 Å². The molecule has 3 N–H and O–H groups in total. The second-order valence-corrected chi connectivity index (χ2v) is 8.64. The van der Waals surface area contributed by atoms with Crippen LogP contribution >= 0.6 is 0 Å². The molecule has 2 aromatic carbocycles. The zero-order valence-corrected chi connectivity index (χ0v) is 18.5. The predicted molar refractivity (Wildman–Crippen MR) is 121 cm³/mol. The van der Waals surface area contributed by atoms with Gasteiger partial charge in [-0.15, -0.1) is 0 Å². The second-order valence-electron chi connectivity index (χ2n) is 8.64. The van der Waals surface area contributed by atoms with Crippen molar-refractivity contribution in [2.45, 2.75) is 43.7 Å². The van der Waals surface area contributed by atoms with Gasteiger partial charge in [-0.3, -0.25) is 9.59 Å². The van der Waals surface area contributed by atoms with Gasteiger partial charge in [0.15, 0.2) is 0 Å². The van der Waals surface area contributed by atoms with Crippen LogP contribution in [-0.2, 0) is 19.1 Å². The molecule has 0 spiro atoms. The van der Waals surface area contributed by atoms with Crippen molar-refractivity contribution in [2.75, 3.05) is 19.8 Å². The fourth-order valence-corrected chi connectivity index (χ4v) is 4.65. The molecule has 0 unspecified atom stereocenters. The summed E-state index contributed by atoms with van der Waals surface area (Å²) in [6.45, 7) is 2.45. The van der Waals surface area contributed by atoms with Crippen molar-refractivity contribution in [1.82, 2.24) is 10.6 Å². The third-order valence-electron chi connectivity index (χ3n) is 6.40. The van der Waals surface area contributed by atoms with E-state index in [9.17, 15) is 19.5 Å². The number of aliphatic carboxylic acids is 1. The summed E-state index contributed by atoms with van der Waals surface area (Å²) in [7, 11) is 0. The third-order valence-corrected chi connectivity index (χ3v) is 6.40. The maximum atomic E-state index is 12.7. The number of nitrogens with one attached hydrogen (secondary N) is 2. The Hall–Kier alpha value is -3.39. The molecular weight excluding hydrogens is 424 g/mol. The average Bonchev–Trinajstić information content (AvgIpc) is 3.11. The predicted octanol–water partition coefficient (Wildman–Crippen LogP) is 3.05. The van der Waals surface area contributed by atoms with Crippen LogP contribution < -0.4 is 10.6 Å². The normalized spacial score (nSPS) is 17.4. The fourth-order valence-electron chi connectivity index (χ4n) is 4.65. The number of carboxylic acid groups (broad SMARTS) is 1. The number of benzene rings is 2. The second kappa shape index (κ2) is 9.62. The minimum Gasteiger partial charge on any atom is -0.481 e. The van der Waals surface area contributed by atoms with Gasteiger partial charge in [-0.2, -0.15) is 0 Å². The van der Waals surface area contributed by atoms with Crippen LogP contribution in [0.5, 0.6) is 0 Å². The average molecular weight is 453 g/mol. The molecule has 0 radical (unpaired) electrons. The number of carbonyl (C=O) groups excluding carboxylic acids is 2. The highest BCUT2D eigenvalue weighted by molar-refractivity contribution is 5.86. The first-order valence-corrected chi connectivity index (χ1v) is 11.1. The van der Waals surface area contributed by atoms with Gasteiger partial charge in [0.05, 0.1) is 12.0 Å². The number of rotatable bonds is 7. The summed E-state index contributed by atoms with van der Waals surface area (Å²) in [6.07, 6.45) is -0.0793. The van der Waals surface area contributed by atoms with E-state index in [0.717, 1.165) is 22.3 Å². The van der Waals surface area contributed by atoms with E-state index in [4.69, 9.17) is 9.47 Å². The number of carboxylic acids is 1. The molecule has 2 aromatic rings. The molecule has 33 heavy (non-hydrogen) atoms. The van der Waals surface area contributed by atoms with Crippen LogP contribution in [0.2, 0.25) is 0 Å². The molecule has 1 heterocycles. The molecule has 1 fully saturated rings. The molecule has 2 amide bonds. The highest BCUT2D eigenvalue weighted by Gasteiger charge is 2.37. The summed E-state index contributed by atoms with van der Waals surface area (Å²) in [6, 6.07) is 15.2. The van der Waals surface area contributed by atoms with Gasteiger partial charge in [-0.1, -0.05) is 48.5 Å². The molecule has 0 saturated carbocycles. The van der Waals surface area contributed by atoms with E-state index < -0.39 is 29.6 Å². The van der Waals surface area contributed by atoms with E-state index in [1.807, 2.05) is 36.4 Å². The number of hydrogen-bond acceptors (Lipinski definition) is 5. The van der Waals surface area contributed by atoms with E-state index in [2.05, 4.69) is 22.8 Å². The van der Waals surface area contributed by atoms with Crippen LogP contribution in [0.1, 0.15) is 43.2 Å². The molecule has 4 rings (SSSR count). The first-order valence-electron chi connectivity index (χ1n) is 11.1. The zero-order valence-electron chi connectivity index (χ0n) is 18.5. The lowest BCUT2D eigenvalue weighted by atomic mass is 9.86. The van der Waals surface area contributed by atoms with Crippen LogP contribution in [0.3, 0.4) is 0 Å². The lowest BCUT2D eigenvalue weighted by Crippen LogP contribution is -2.57. The van der Waals surface area contributed by atoms with Gasteiger partial charge < -0.3 is 25.2 Å². The molecule has 0 bridgehead atoms. The lowest BCUT2D eigenvalue weighted by molar-refractivity contribution is -0.140. The molecule has 0 aromatic heterocycles. The largest absolute Gasteiger partial charge is 0.481 e. The number of fused-ring (bicyclic) bond motifs is 3. The minimum absolute atomic E-state index is 0.0756. The van der Waals surface area contributed by atoms with Crippen molar-refractivity contribution < 1.29 is 29.0 Å². The zero-order chi connectivity index (χ0) is 23.4. The first kappa shape index (κ1) is 22.8. The number of hydrogen-bond donors (Lipinski definition) is 3. The van der Waals surface area contributed by atoms with Crippen molar-refractivity contribution >= 4 is 18.0 Å². The van der Waals surface area contributed by atoms with Gasteiger partial charge in [0.25, 0.3) is 0 Å². The molecule has 1 aliphatic heterocycles. The summed E-state index contributed by atoms with van der Waals surface area (Å²) in [5.41, 5.74) is 3.60. The van der Waals surface area contributed by atoms with E-state index >= 15 is 0 Å². The number of alkyl carbamates (subject to hydrolysis) is 1. The fraction of sp³-hybridized carbons (Fsp3) is 0.400. The lowest BCUT2D eigenvalue weighted by Gasteiger charge is -2.37. The Balaban J connectivity index is 1.35. The van der Waals surface area contributed by atoms with Crippen molar-refractivity contribution in [1.29, 1.82) is 0 Å². The Morgan fingerprint density at radius 1 is 1.06 bits per heavy atom. The summed E-state index contributed by atoms with van der Waals surface area (Å²) >= 11 is 0. The molecule has 1 saturated heterocycles. The van der Waals surface area contributed by atoms with Gasteiger partial charge in [-0.25, -0.2) is 4.79 Å². The molecule has 1 atom stereocenters.